The second kappa shape index (κ2) is 7.48. The number of carbonyl (C=O) groups is 2. The van der Waals surface area contributed by atoms with Crippen molar-refractivity contribution in [3.05, 3.63) is 53.8 Å². The van der Waals surface area contributed by atoms with Gasteiger partial charge in [0.1, 0.15) is 5.60 Å². The van der Waals surface area contributed by atoms with Gasteiger partial charge in [0.2, 0.25) is 0 Å². The van der Waals surface area contributed by atoms with Crippen LogP contribution in [0, 0.1) is 5.82 Å². The lowest BCUT2D eigenvalue weighted by Gasteiger charge is -2.35. The quantitative estimate of drug-likeness (QED) is 0.858. The highest BCUT2D eigenvalue weighted by atomic mass is 19.1. The van der Waals surface area contributed by atoms with Crippen LogP contribution in [0.3, 0.4) is 0 Å². The minimum absolute atomic E-state index is 0.125. The smallest absolute Gasteiger partial charge is 0.254 e. The first-order chi connectivity index (χ1) is 13.9. The first-order valence-electron chi connectivity index (χ1n) is 9.67. The summed E-state index contributed by atoms with van der Waals surface area (Å²) in [5.74, 6) is -0.618. The summed E-state index contributed by atoms with van der Waals surface area (Å²) in [6, 6.07) is 11.7. The molecule has 152 valence electrons. The predicted molar refractivity (Wildman–Crippen MR) is 105 cm³/mol. The molecule has 29 heavy (non-hydrogen) atoms. The summed E-state index contributed by atoms with van der Waals surface area (Å²) in [7, 11) is 1.42. The van der Waals surface area contributed by atoms with E-state index in [0.29, 0.717) is 55.7 Å². The zero-order chi connectivity index (χ0) is 20.6. The first-order valence-corrected chi connectivity index (χ1v) is 9.67. The highest BCUT2D eigenvalue weighted by Gasteiger charge is 2.50. The molecule has 1 heterocycles. The molecule has 2 aliphatic rings. The molecule has 6 nitrogen and oxygen atoms in total. The summed E-state index contributed by atoms with van der Waals surface area (Å²) in [6.45, 7) is 1.68. The second-order valence-corrected chi connectivity index (χ2v) is 7.52. The maximum absolute atomic E-state index is 14.4. The van der Waals surface area contributed by atoms with E-state index >= 15 is 0 Å². The number of carbonyl (C=O) groups excluding carboxylic acids is 2. The maximum Gasteiger partial charge on any atom is 0.254 e. The molecule has 1 N–H and O–H groups in total. The highest BCUT2D eigenvalue weighted by Crippen LogP contribution is 2.37. The second-order valence-electron chi connectivity index (χ2n) is 7.52. The van der Waals surface area contributed by atoms with Gasteiger partial charge in [0, 0.05) is 37.3 Å². The molecule has 2 aromatic rings. The fraction of sp³-hybridized carbons (Fsp3) is 0.364. The average Bonchev–Trinajstić information content (AvgIpc) is 3.52. The van der Waals surface area contributed by atoms with Gasteiger partial charge < -0.3 is 19.6 Å². The topological polar surface area (TPSA) is 70.1 Å². The maximum atomic E-state index is 14.4. The predicted octanol–water partition coefficient (Wildman–Crippen LogP) is 2.31. The van der Waals surface area contributed by atoms with E-state index in [1.807, 2.05) is 0 Å². The highest BCUT2D eigenvalue weighted by molar-refractivity contribution is 5.95. The van der Waals surface area contributed by atoms with Crippen LogP contribution in [0.15, 0.2) is 42.5 Å². The Balaban J connectivity index is 1.42. The van der Waals surface area contributed by atoms with Crippen molar-refractivity contribution in [2.24, 2.45) is 0 Å². The number of halogens is 1. The fourth-order valence-corrected chi connectivity index (χ4v) is 3.61. The Morgan fingerprint density at radius 3 is 2.21 bits per heavy atom. The standard InChI is InChI=1S/C22H23FN2O4/c1-29-18-4-2-3-17(19(18)23)15-5-7-16(8-6-15)20(26)24-11-13-25(14-12-24)21(27)22(28)9-10-22/h2-8,28H,9-14H2,1H3. The van der Waals surface area contributed by atoms with E-state index in [0.717, 1.165) is 0 Å². The van der Waals surface area contributed by atoms with Crippen LogP contribution < -0.4 is 4.74 Å². The van der Waals surface area contributed by atoms with Gasteiger partial charge in [-0.15, -0.1) is 0 Å². The van der Waals surface area contributed by atoms with Gasteiger partial charge in [0.15, 0.2) is 11.6 Å². The molecule has 1 saturated heterocycles. The third-order valence-corrected chi connectivity index (χ3v) is 5.60. The Hall–Kier alpha value is -2.93. The van der Waals surface area contributed by atoms with E-state index in [9.17, 15) is 19.1 Å². The van der Waals surface area contributed by atoms with Crippen molar-refractivity contribution in [3.8, 4) is 16.9 Å². The molecule has 0 radical (unpaired) electrons. The number of hydrogen-bond donors (Lipinski definition) is 1. The third kappa shape index (κ3) is 3.70. The summed E-state index contributed by atoms with van der Waals surface area (Å²) in [5, 5.41) is 9.97. The molecule has 4 rings (SSSR count). The van der Waals surface area contributed by atoms with Crippen LogP contribution in [0.4, 0.5) is 4.39 Å². The molecule has 0 aromatic heterocycles. The van der Waals surface area contributed by atoms with Gasteiger partial charge >= 0.3 is 0 Å². The molecule has 0 unspecified atom stereocenters. The zero-order valence-electron chi connectivity index (χ0n) is 16.2. The summed E-state index contributed by atoms with van der Waals surface area (Å²) < 4.78 is 19.5. The van der Waals surface area contributed by atoms with Crippen LogP contribution in [0.1, 0.15) is 23.2 Å². The largest absolute Gasteiger partial charge is 0.494 e. The lowest BCUT2D eigenvalue weighted by Crippen LogP contribution is -2.53. The van der Waals surface area contributed by atoms with Crippen LogP contribution in [0.25, 0.3) is 11.1 Å². The molecule has 2 amide bonds. The van der Waals surface area contributed by atoms with Crippen molar-refractivity contribution in [3.63, 3.8) is 0 Å². The number of hydrogen-bond acceptors (Lipinski definition) is 4. The number of piperazine rings is 1. The average molecular weight is 398 g/mol. The molecule has 2 fully saturated rings. The monoisotopic (exact) mass is 398 g/mol. The number of ether oxygens (including phenoxy) is 1. The van der Waals surface area contributed by atoms with Crippen LogP contribution in [-0.4, -0.2) is 65.6 Å². The lowest BCUT2D eigenvalue weighted by molar-refractivity contribution is -0.143. The Morgan fingerprint density at radius 1 is 1.00 bits per heavy atom. The number of methoxy groups -OCH3 is 1. The SMILES string of the molecule is COc1cccc(-c2ccc(C(=O)N3CCN(C(=O)C4(O)CC4)CC3)cc2)c1F. The Kier molecular flexibility index (Phi) is 5.00. The van der Waals surface area contributed by atoms with E-state index in [1.54, 1.807) is 52.3 Å². The number of aliphatic hydroxyl groups is 1. The Bertz CT molecular complexity index is 932. The van der Waals surface area contributed by atoms with Gasteiger partial charge in [0.25, 0.3) is 11.8 Å². The van der Waals surface area contributed by atoms with Gasteiger partial charge in [0.05, 0.1) is 7.11 Å². The van der Waals surface area contributed by atoms with Crippen molar-refractivity contribution in [2.75, 3.05) is 33.3 Å². The molecule has 7 heteroatoms. The van der Waals surface area contributed by atoms with Gasteiger partial charge in [-0.1, -0.05) is 24.3 Å². The number of amides is 2. The van der Waals surface area contributed by atoms with E-state index in [2.05, 4.69) is 0 Å². The van der Waals surface area contributed by atoms with Crippen LogP contribution >= 0.6 is 0 Å². The summed E-state index contributed by atoms with van der Waals surface area (Å²) in [5.41, 5.74) is 0.411. The Labute approximate surface area is 168 Å². The van der Waals surface area contributed by atoms with Gasteiger partial charge in [-0.25, -0.2) is 4.39 Å². The zero-order valence-corrected chi connectivity index (χ0v) is 16.2. The van der Waals surface area contributed by atoms with E-state index in [4.69, 9.17) is 4.74 Å². The summed E-state index contributed by atoms with van der Waals surface area (Å²) >= 11 is 0. The number of rotatable bonds is 4. The summed E-state index contributed by atoms with van der Waals surface area (Å²) in [4.78, 5) is 28.3. The van der Waals surface area contributed by atoms with Gasteiger partial charge in [-0.05, 0) is 36.6 Å². The minimum atomic E-state index is -1.17. The van der Waals surface area contributed by atoms with Crippen molar-refractivity contribution in [2.45, 2.75) is 18.4 Å². The van der Waals surface area contributed by atoms with Gasteiger partial charge in [-0.3, -0.25) is 9.59 Å². The van der Waals surface area contributed by atoms with Gasteiger partial charge in [-0.2, -0.15) is 0 Å². The molecule has 1 aliphatic heterocycles. The molecular formula is C22H23FN2O4. The van der Waals surface area contributed by atoms with E-state index < -0.39 is 11.4 Å². The first kappa shape index (κ1) is 19.4. The normalized spacial score (nSPS) is 17.8. The molecule has 1 saturated carbocycles. The fourth-order valence-electron chi connectivity index (χ4n) is 3.61. The number of benzene rings is 2. The molecule has 0 spiro atoms. The van der Waals surface area contributed by atoms with Crippen molar-refractivity contribution >= 4 is 11.8 Å². The van der Waals surface area contributed by atoms with Crippen LogP contribution in [-0.2, 0) is 4.79 Å². The van der Waals surface area contributed by atoms with Crippen LogP contribution in [0.2, 0.25) is 0 Å². The Morgan fingerprint density at radius 2 is 1.62 bits per heavy atom. The van der Waals surface area contributed by atoms with Crippen LogP contribution in [0.5, 0.6) is 5.75 Å². The third-order valence-electron chi connectivity index (χ3n) is 5.60. The van der Waals surface area contributed by atoms with Crippen molar-refractivity contribution < 1.29 is 23.8 Å². The van der Waals surface area contributed by atoms with Crippen molar-refractivity contribution in [1.29, 1.82) is 0 Å². The molecule has 2 aromatic carbocycles. The lowest BCUT2D eigenvalue weighted by atomic mass is 10.0. The van der Waals surface area contributed by atoms with E-state index in [-0.39, 0.29) is 17.6 Å². The molecule has 1 aliphatic carbocycles. The summed E-state index contributed by atoms with van der Waals surface area (Å²) in [6.07, 6.45) is 1.04. The minimum Gasteiger partial charge on any atom is -0.494 e. The number of nitrogens with zero attached hydrogens (tertiary/aromatic N) is 2. The van der Waals surface area contributed by atoms with E-state index in [1.165, 1.54) is 7.11 Å². The molecular weight excluding hydrogens is 375 g/mol. The molecule has 0 atom stereocenters. The molecule has 0 bridgehead atoms. The van der Waals surface area contributed by atoms with Crippen molar-refractivity contribution in [1.82, 2.24) is 9.80 Å².